The number of pyridine rings is 1. The fraction of sp³-hybridized carbons (Fsp3) is 0.294. The molecule has 0 amide bonds. The van der Waals surface area contributed by atoms with Crippen LogP contribution in [0.4, 0.5) is 11.4 Å². The van der Waals surface area contributed by atoms with E-state index in [0.717, 1.165) is 25.1 Å². The van der Waals surface area contributed by atoms with Crippen LogP contribution in [0.1, 0.15) is 12.0 Å². The van der Waals surface area contributed by atoms with Crippen molar-refractivity contribution in [3.8, 4) is 0 Å². The van der Waals surface area contributed by atoms with Crippen LogP contribution in [0.15, 0.2) is 47.4 Å². The molecule has 3 aromatic rings. The molecule has 0 radical (unpaired) electrons. The van der Waals surface area contributed by atoms with Gasteiger partial charge in [-0.3, -0.25) is 0 Å². The predicted octanol–water partition coefficient (Wildman–Crippen LogP) is 2.56. The van der Waals surface area contributed by atoms with Gasteiger partial charge in [0, 0.05) is 32.5 Å². The van der Waals surface area contributed by atoms with Crippen LogP contribution < -0.4 is 15.9 Å². The second-order valence-corrected chi connectivity index (χ2v) is 5.74. The summed E-state index contributed by atoms with van der Waals surface area (Å²) in [6.45, 7) is 0.830. The molecule has 1 aromatic carbocycles. The summed E-state index contributed by atoms with van der Waals surface area (Å²) in [5.74, 6) is 0. The Hall–Kier alpha value is -2.47. The minimum atomic E-state index is -0.218. The Kier molecular flexibility index (Phi) is 5.87. The molecule has 24 heavy (non-hydrogen) atoms. The lowest BCUT2D eigenvalue weighted by molar-refractivity contribution is 0.862. The van der Waals surface area contributed by atoms with Gasteiger partial charge in [-0.15, -0.1) is 12.4 Å². The molecule has 2 heterocycles. The van der Waals surface area contributed by atoms with E-state index in [-0.39, 0.29) is 18.1 Å². The first-order valence-corrected chi connectivity index (χ1v) is 7.71. The summed E-state index contributed by atoms with van der Waals surface area (Å²) in [4.78, 5) is 13.6. The molecule has 0 aliphatic heterocycles. The van der Waals surface area contributed by atoms with Gasteiger partial charge in [0.15, 0.2) is 5.65 Å². The number of aromatic amines is 1. The number of rotatable bonds is 6. The van der Waals surface area contributed by atoms with Gasteiger partial charge in [0.05, 0.1) is 5.69 Å². The molecule has 0 fully saturated rings. The van der Waals surface area contributed by atoms with E-state index in [1.165, 1.54) is 15.7 Å². The maximum atomic E-state index is 11.5. The Morgan fingerprint density at radius 2 is 1.96 bits per heavy atom. The average Bonchev–Trinajstić information content (AvgIpc) is 2.94. The molecule has 2 aromatic heterocycles. The summed E-state index contributed by atoms with van der Waals surface area (Å²) in [5.41, 5.74) is 3.82. The maximum Gasteiger partial charge on any atom is 0.347 e. The van der Waals surface area contributed by atoms with Crippen LogP contribution in [0.3, 0.4) is 0 Å². The first-order valence-electron chi connectivity index (χ1n) is 7.71. The van der Waals surface area contributed by atoms with E-state index in [0.29, 0.717) is 5.65 Å². The predicted molar refractivity (Wildman–Crippen MR) is 101 cm³/mol. The highest BCUT2D eigenvalue weighted by molar-refractivity contribution is 5.85. The first-order chi connectivity index (χ1) is 11.1. The van der Waals surface area contributed by atoms with Crippen LogP contribution in [0, 0.1) is 0 Å². The van der Waals surface area contributed by atoms with Gasteiger partial charge in [0.1, 0.15) is 0 Å². The van der Waals surface area contributed by atoms with Crippen molar-refractivity contribution < 1.29 is 0 Å². The summed E-state index contributed by atoms with van der Waals surface area (Å²) in [6.07, 6.45) is 3.73. The van der Waals surface area contributed by atoms with Gasteiger partial charge < -0.3 is 10.2 Å². The highest BCUT2D eigenvalue weighted by Gasteiger charge is 2.04. The largest absolute Gasteiger partial charge is 0.382 e. The van der Waals surface area contributed by atoms with Gasteiger partial charge >= 0.3 is 5.69 Å². The Balaban J connectivity index is 0.00000208. The molecule has 0 unspecified atom stereocenters. The molecular formula is C17H22ClN5O. The Morgan fingerprint density at radius 1 is 1.21 bits per heavy atom. The van der Waals surface area contributed by atoms with Crippen molar-refractivity contribution in [2.75, 3.05) is 30.9 Å². The number of hydrogen-bond donors (Lipinski definition) is 2. The number of aryl methyl sites for hydroxylation is 1. The molecule has 128 valence electrons. The Morgan fingerprint density at radius 3 is 2.67 bits per heavy atom. The molecule has 3 rings (SSSR count). The highest BCUT2D eigenvalue weighted by Crippen LogP contribution is 2.15. The minimum Gasteiger partial charge on any atom is -0.382 e. The van der Waals surface area contributed by atoms with Crippen LogP contribution in [0.2, 0.25) is 0 Å². The molecule has 0 bridgehead atoms. The van der Waals surface area contributed by atoms with Gasteiger partial charge in [0.2, 0.25) is 0 Å². The lowest BCUT2D eigenvalue weighted by Crippen LogP contribution is -2.10. The quantitative estimate of drug-likeness (QED) is 0.673. The summed E-state index contributed by atoms with van der Waals surface area (Å²) in [6, 6.07) is 12.4. The van der Waals surface area contributed by atoms with Crippen LogP contribution in [0.25, 0.3) is 5.65 Å². The van der Waals surface area contributed by atoms with Gasteiger partial charge in [-0.2, -0.15) is 5.10 Å². The van der Waals surface area contributed by atoms with Gasteiger partial charge in [-0.05, 0) is 42.7 Å². The third-order valence-corrected chi connectivity index (χ3v) is 3.85. The van der Waals surface area contributed by atoms with Gasteiger partial charge in [-0.1, -0.05) is 12.1 Å². The molecule has 0 atom stereocenters. The van der Waals surface area contributed by atoms with Crippen LogP contribution >= 0.6 is 12.4 Å². The lowest BCUT2D eigenvalue weighted by Gasteiger charge is -2.12. The molecule has 0 aliphatic rings. The molecule has 0 saturated carbocycles. The van der Waals surface area contributed by atoms with Crippen molar-refractivity contribution in [1.29, 1.82) is 0 Å². The number of anilines is 2. The summed E-state index contributed by atoms with van der Waals surface area (Å²) >= 11 is 0. The zero-order valence-electron chi connectivity index (χ0n) is 13.8. The second-order valence-electron chi connectivity index (χ2n) is 5.74. The SMILES string of the molecule is CN(C)c1ccc(CCCNc2cccn3c(=O)[nH]nc23)cc1.Cl. The Labute approximate surface area is 146 Å². The topological polar surface area (TPSA) is 65.4 Å². The number of fused-ring (bicyclic) bond motifs is 1. The lowest BCUT2D eigenvalue weighted by atomic mass is 10.1. The normalized spacial score (nSPS) is 10.4. The number of halogens is 1. The number of aromatic nitrogens is 3. The molecular weight excluding hydrogens is 326 g/mol. The van der Waals surface area contributed by atoms with Crippen molar-refractivity contribution >= 4 is 29.4 Å². The van der Waals surface area contributed by atoms with E-state index in [9.17, 15) is 4.79 Å². The van der Waals surface area contributed by atoms with Crippen molar-refractivity contribution in [3.63, 3.8) is 0 Å². The fourth-order valence-corrected chi connectivity index (χ4v) is 2.55. The summed E-state index contributed by atoms with van der Waals surface area (Å²) in [7, 11) is 4.08. The maximum absolute atomic E-state index is 11.5. The van der Waals surface area contributed by atoms with E-state index >= 15 is 0 Å². The van der Waals surface area contributed by atoms with Crippen LogP contribution in [-0.4, -0.2) is 35.2 Å². The van der Waals surface area contributed by atoms with Crippen molar-refractivity contribution in [1.82, 2.24) is 14.6 Å². The molecule has 0 spiro atoms. The van der Waals surface area contributed by atoms with E-state index in [4.69, 9.17) is 0 Å². The second kappa shape index (κ2) is 7.88. The van der Waals surface area contributed by atoms with Crippen molar-refractivity contribution in [2.24, 2.45) is 0 Å². The molecule has 7 heteroatoms. The van der Waals surface area contributed by atoms with E-state index in [1.807, 2.05) is 26.2 Å². The summed E-state index contributed by atoms with van der Waals surface area (Å²) < 4.78 is 1.50. The third kappa shape index (κ3) is 3.89. The first kappa shape index (κ1) is 17.9. The number of hydrogen-bond acceptors (Lipinski definition) is 4. The monoisotopic (exact) mass is 347 g/mol. The van der Waals surface area contributed by atoms with Crippen LogP contribution in [-0.2, 0) is 6.42 Å². The standard InChI is InChI=1S/C17H21N5O.ClH/c1-21(2)14-9-7-13(8-10-14)5-3-11-18-15-6-4-12-22-16(15)19-20-17(22)23;/h4,6-10,12,18H,3,5,11H2,1-2H3,(H,20,23);1H. The zero-order chi connectivity index (χ0) is 16.2. The van der Waals surface area contributed by atoms with E-state index < -0.39 is 0 Å². The van der Waals surface area contributed by atoms with Crippen molar-refractivity contribution in [3.05, 3.63) is 58.6 Å². The number of H-pyrrole nitrogens is 1. The smallest absolute Gasteiger partial charge is 0.347 e. The number of nitrogens with zero attached hydrogens (tertiary/aromatic N) is 3. The third-order valence-electron chi connectivity index (χ3n) is 3.85. The molecule has 2 N–H and O–H groups in total. The zero-order valence-corrected chi connectivity index (χ0v) is 14.6. The van der Waals surface area contributed by atoms with Crippen molar-refractivity contribution in [2.45, 2.75) is 12.8 Å². The molecule has 0 aliphatic carbocycles. The average molecular weight is 348 g/mol. The Bertz CT molecular complexity index is 838. The van der Waals surface area contributed by atoms with E-state index in [2.05, 4.69) is 44.7 Å². The number of benzene rings is 1. The van der Waals surface area contributed by atoms with Crippen LogP contribution in [0.5, 0.6) is 0 Å². The van der Waals surface area contributed by atoms with Gasteiger partial charge in [0.25, 0.3) is 0 Å². The summed E-state index contributed by atoms with van der Waals surface area (Å²) in [5, 5.41) is 9.85. The number of nitrogens with one attached hydrogen (secondary N) is 2. The van der Waals surface area contributed by atoms with E-state index in [1.54, 1.807) is 6.20 Å². The fourth-order valence-electron chi connectivity index (χ4n) is 2.55. The molecule has 6 nitrogen and oxygen atoms in total. The van der Waals surface area contributed by atoms with Gasteiger partial charge in [-0.25, -0.2) is 14.3 Å². The molecule has 0 saturated heterocycles. The minimum absolute atomic E-state index is 0. The highest BCUT2D eigenvalue weighted by atomic mass is 35.5.